The molecule has 0 saturated carbocycles. The highest BCUT2D eigenvalue weighted by molar-refractivity contribution is 7.15. The number of aliphatic imine (C=N–C) groups is 1. The fourth-order valence-corrected chi connectivity index (χ4v) is 5.49. The molecule has 3 aromatic heterocycles. The van der Waals surface area contributed by atoms with E-state index in [4.69, 9.17) is 21.7 Å². The molecule has 0 aliphatic carbocycles. The number of aliphatic hydroxyl groups is 1. The molecule has 2 N–H and O–H groups in total. The highest BCUT2D eigenvalue weighted by Gasteiger charge is 2.32. The summed E-state index contributed by atoms with van der Waals surface area (Å²) < 4.78 is 1.97. The molecular weight excluding hydrogens is 508 g/mol. The maximum absolute atomic E-state index is 12.7. The van der Waals surface area contributed by atoms with Crippen LogP contribution >= 0.6 is 22.9 Å². The summed E-state index contributed by atoms with van der Waals surface area (Å²) in [4.78, 5) is 22.9. The molecule has 10 heteroatoms. The Morgan fingerprint density at radius 1 is 1.16 bits per heavy atom. The summed E-state index contributed by atoms with van der Waals surface area (Å²) in [5.41, 5.74) is 4.18. The zero-order valence-corrected chi connectivity index (χ0v) is 21.8. The largest absolute Gasteiger partial charge is 0.395 e. The van der Waals surface area contributed by atoms with Crippen molar-refractivity contribution >= 4 is 34.6 Å². The molecule has 37 heavy (non-hydrogen) atoms. The van der Waals surface area contributed by atoms with Gasteiger partial charge < -0.3 is 10.4 Å². The lowest BCUT2D eigenvalue weighted by Gasteiger charge is -2.12. The van der Waals surface area contributed by atoms with E-state index in [2.05, 4.69) is 32.3 Å². The molecule has 0 bridgehead atoms. The standard InChI is InChI=1S/C27H23ClN6O2S/c1-16-22(11-10-20-5-3-4-12-29-20)37-27-24(16)25(18-6-8-19(28)9-7-18)31-21(15-23(36)30-13-14-35)26-33-32-17(2)34(26)27/h3-9,12,21,35H,13-15H2,1-2H3,(H,30,36)/t21-/m0/s1. The third kappa shape index (κ3) is 5.04. The molecule has 0 radical (unpaired) electrons. The number of halogens is 1. The van der Waals surface area contributed by atoms with Crippen LogP contribution in [0.5, 0.6) is 0 Å². The van der Waals surface area contributed by atoms with E-state index in [1.807, 2.05) is 60.9 Å². The van der Waals surface area contributed by atoms with Crippen LogP contribution in [0, 0.1) is 25.7 Å². The number of aromatic nitrogens is 4. The second-order valence-corrected chi connectivity index (χ2v) is 9.86. The van der Waals surface area contributed by atoms with E-state index >= 15 is 0 Å². The second kappa shape index (κ2) is 10.6. The van der Waals surface area contributed by atoms with Gasteiger partial charge in [0.05, 0.1) is 23.6 Å². The number of nitrogens with zero attached hydrogens (tertiary/aromatic N) is 5. The molecule has 1 atom stereocenters. The van der Waals surface area contributed by atoms with Gasteiger partial charge in [0.15, 0.2) is 5.82 Å². The van der Waals surface area contributed by atoms with E-state index in [1.165, 1.54) is 11.3 Å². The van der Waals surface area contributed by atoms with E-state index in [1.54, 1.807) is 6.20 Å². The monoisotopic (exact) mass is 530 g/mol. The van der Waals surface area contributed by atoms with Gasteiger partial charge in [0.2, 0.25) is 5.91 Å². The average molecular weight is 531 g/mol. The van der Waals surface area contributed by atoms with Gasteiger partial charge in [-0.15, -0.1) is 21.5 Å². The van der Waals surface area contributed by atoms with Crippen LogP contribution in [0.2, 0.25) is 5.02 Å². The number of amides is 1. The van der Waals surface area contributed by atoms with Gasteiger partial charge in [0, 0.05) is 28.9 Å². The van der Waals surface area contributed by atoms with Gasteiger partial charge in [-0.3, -0.25) is 14.4 Å². The smallest absolute Gasteiger partial charge is 0.222 e. The van der Waals surface area contributed by atoms with Crippen molar-refractivity contribution in [3.63, 3.8) is 0 Å². The number of hydrogen-bond donors (Lipinski definition) is 2. The quantitative estimate of drug-likeness (QED) is 0.382. The van der Waals surface area contributed by atoms with Gasteiger partial charge in [-0.2, -0.15) is 0 Å². The minimum Gasteiger partial charge on any atom is -0.395 e. The molecule has 1 aromatic carbocycles. The molecular formula is C27H23ClN6O2S. The first-order valence-corrected chi connectivity index (χ1v) is 12.9. The van der Waals surface area contributed by atoms with Crippen molar-refractivity contribution in [1.82, 2.24) is 25.1 Å². The van der Waals surface area contributed by atoms with Gasteiger partial charge in [0.1, 0.15) is 22.6 Å². The summed E-state index contributed by atoms with van der Waals surface area (Å²) in [5.74, 6) is 7.48. The third-order valence-corrected chi connectivity index (χ3v) is 7.34. The maximum Gasteiger partial charge on any atom is 0.222 e. The summed E-state index contributed by atoms with van der Waals surface area (Å²) in [6.07, 6.45) is 1.78. The summed E-state index contributed by atoms with van der Waals surface area (Å²) >= 11 is 7.72. The SMILES string of the molecule is Cc1c(C#Cc2ccccn2)sc2c1C(c1ccc(Cl)cc1)=N[C@@H](CC(=O)NCCO)c1nnc(C)n1-2. The normalized spacial score (nSPS) is 14.1. The molecule has 1 amide bonds. The molecule has 0 spiro atoms. The van der Waals surface area contributed by atoms with E-state index in [-0.39, 0.29) is 25.5 Å². The van der Waals surface area contributed by atoms with Gasteiger partial charge >= 0.3 is 0 Å². The van der Waals surface area contributed by atoms with E-state index in [0.29, 0.717) is 22.4 Å². The van der Waals surface area contributed by atoms with Crippen molar-refractivity contribution in [2.75, 3.05) is 13.2 Å². The summed E-state index contributed by atoms with van der Waals surface area (Å²) in [7, 11) is 0. The third-order valence-electron chi connectivity index (χ3n) is 5.90. The minimum absolute atomic E-state index is 0.0650. The Kier molecular flexibility index (Phi) is 7.15. The average Bonchev–Trinajstić information content (AvgIpc) is 3.40. The van der Waals surface area contributed by atoms with E-state index < -0.39 is 6.04 Å². The molecule has 0 unspecified atom stereocenters. The molecule has 0 fully saturated rings. The first-order chi connectivity index (χ1) is 18.0. The molecule has 4 aromatic rings. The lowest BCUT2D eigenvalue weighted by atomic mass is 9.99. The predicted molar refractivity (Wildman–Crippen MR) is 143 cm³/mol. The number of nitrogens with one attached hydrogen (secondary N) is 1. The highest BCUT2D eigenvalue weighted by atomic mass is 35.5. The van der Waals surface area contributed by atoms with Crippen molar-refractivity contribution < 1.29 is 9.90 Å². The number of hydrogen-bond acceptors (Lipinski definition) is 7. The van der Waals surface area contributed by atoms with Crippen molar-refractivity contribution in [3.8, 4) is 16.8 Å². The van der Waals surface area contributed by atoms with Crippen molar-refractivity contribution in [1.29, 1.82) is 0 Å². The van der Waals surface area contributed by atoms with Gasteiger partial charge in [0.25, 0.3) is 0 Å². The number of aliphatic hydroxyl groups excluding tert-OH is 1. The fraction of sp³-hybridized carbons (Fsp3) is 0.222. The number of benzene rings is 1. The Labute approximate surface area is 223 Å². The summed E-state index contributed by atoms with van der Waals surface area (Å²) in [5, 5.41) is 22.1. The molecule has 0 saturated heterocycles. The molecule has 5 rings (SSSR count). The van der Waals surface area contributed by atoms with Crippen LogP contribution in [-0.2, 0) is 4.79 Å². The molecule has 186 valence electrons. The number of fused-ring (bicyclic) bond motifs is 3. The van der Waals surface area contributed by atoms with E-state index in [0.717, 1.165) is 32.3 Å². The number of aryl methyl sites for hydroxylation is 1. The lowest BCUT2D eigenvalue weighted by Crippen LogP contribution is -2.28. The number of pyridine rings is 1. The van der Waals surface area contributed by atoms with Gasteiger partial charge in [-0.05, 0) is 55.5 Å². The molecule has 4 heterocycles. The predicted octanol–water partition coefficient (Wildman–Crippen LogP) is 3.78. The number of thiophene rings is 1. The minimum atomic E-state index is -0.576. The summed E-state index contributed by atoms with van der Waals surface area (Å²) in [6, 6.07) is 12.5. The van der Waals surface area contributed by atoms with Crippen molar-refractivity contribution in [2.45, 2.75) is 26.3 Å². The van der Waals surface area contributed by atoms with Crippen LogP contribution in [0.3, 0.4) is 0 Å². The molecule has 1 aliphatic heterocycles. The number of carbonyl (C=O) groups excluding carboxylic acids is 1. The Bertz CT molecular complexity index is 1550. The fourth-order valence-electron chi connectivity index (χ4n) is 4.14. The second-order valence-electron chi connectivity index (χ2n) is 8.42. The van der Waals surface area contributed by atoms with Gasteiger partial charge in [-0.25, -0.2) is 4.98 Å². The zero-order chi connectivity index (χ0) is 25.9. The Hall–Kier alpha value is -3.84. The first kappa shape index (κ1) is 24.8. The van der Waals surface area contributed by atoms with Crippen LogP contribution in [0.25, 0.3) is 5.00 Å². The number of carbonyl (C=O) groups is 1. The zero-order valence-electron chi connectivity index (χ0n) is 20.2. The summed E-state index contributed by atoms with van der Waals surface area (Å²) in [6.45, 7) is 3.95. The maximum atomic E-state index is 12.7. The van der Waals surface area contributed by atoms with Crippen LogP contribution in [0.1, 0.15) is 51.4 Å². The van der Waals surface area contributed by atoms with Crippen LogP contribution in [0.4, 0.5) is 0 Å². The molecule has 1 aliphatic rings. The van der Waals surface area contributed by atoms with Crippen molar-refractivity contribution in [3.05, 3.63) is 92.6 Å². The van der Waals surface area contributed by atoms with Crippen LogP contribution < -0.4 is 5.32 Å². The first-order valence-electron chi connectivity index (χ1n) is 11.7. The van der Waals surface area contributed by atoms with Crippen LogP contribution in [0.15, 0.2) is 53.7 Å². The Morgan fingerprint density at radius 2 is 1.97 bits per heavy atom. The topological polar surface area (TPSA) is 105 Å². The Morgan fingerprint density at radius 3 is 2.70 bits per heavy atom. The van der Waals surface area contributed by atoms with Crippen LogP contribution in [-0.4, -0.2) is 49.6 Å². The Balaban J connectivity index is 1.69. The van der Waals surface area contributed by atoms with Crippen molar-refractivity contribution in [2.24, 2.45) is 4.99 Å². The van der Waals surface area contributed by atoms with E-state index in [9.17, 15) is 4.79 Å². The lowest BCUT2D eigenvalue weighted by molar-refractivity contribution is -0.121. The number of rotatable bonds is 5. The molecule has 8 nitrogen and oxygen atoms in total. The highest BCUT2D eigenvalue weighted by Crippen LogP contribution is 2.39. The van der Waals surface area contributed by atoms with Gasteiger partial charge in [-0.1, -0.05) is 29.8 Å².